The first-order valence-electron chi connectivity index (χ1n) is 5.95. The zero-order valence-electron chi connectivity index (χ0n) is 10.8. The molecular weight excluding hydrogens is 327 g/mol. The van der Waals surface area contributed by atoms with E-state index >= 15 is 0 Å². The lowest BCUT2D eigenvalue weighted by molar-refractivity contribution is -0.137. The van der Waals surface area contributed by atoms with E-state index < -0.39 is 47.5 Å². The number of anilines is 1. The van der Waals surface area contributed by atoms with E-state index in [9.17, 15) is 27.6 Å². The average Bonchev–Trinajstić information content (AvgIpc) is 2.71. The van der Waals surface area contributed by atoms with Crippen LogP contribution in [-0.4, -0.2) is 17.7 Å². The summed E-state index contributed by atoms with van der Waals surface area (Å²) in [5, 5.41) is 1.90. The molecule has 0 aromatic heterocycles. The number of alkyl halides is 3. The summed E-state index contributed by atoms with van der Waals surface area (Å²) in [6, 6.07) is 2.85. The summed E-state index contributed by atoms with van der Waals surface area (Å²) in [4.78, 5) is 34.3. The topological polar surface area (TPSA) is 87.3 Å². The molecule has 10 heteroatoms. The minimum absolute atomic E-state index is 0.139. The van der Waals surface area contributed by atoms with Gasteiger partial charge < -0.3 is 5.32 Å². The molecule has 6 nitrogen and oxygen atoms in total. The van der Waals surface area contributed by atoms with E-state index in [0.717, 1.165) is 6.07 Å². The Morgan fingerprint density at radius 2 is 1.82 bits per heavy atom. The highest BCUT2D eigenvalue weighted by atomic mass is 35.5. The van der Waals surface area contributed by atoms with Gasteiger partial charge in [-0.05, 0) is 18.2 Å². The SMILES string of the molecule is O=C(CC1C(=O)NNC1=O)Nc1ccc(Cl)cc1C(F)(F)F. The molecule has 0 bridgehead atoms. The van der Waals surface area contributed by atoms with Crippen molar-refractivity contribution in [1.29, 1.82) is 0 Å². The van der Waals surface area contributed by atoms with Gasteiger partial charge in [0.15, 0.2) is 0 Å². The molecule has 0 spiro atoms. The van der Waals surface area contributed by atoms with Gasteiger partial charge in [-0.2, -0.15) is 13.2 Å². The van der Waals surface area contributed by atoms with Crippen molar-refractivity contribution in [2.24, 2.45) is 5.92 Å². The summed E-state index contributed by atoms with van der Waals surface area (Å²) < 4.78 is 38.6. The number of rotatable bonds is 3. The van der Waals surface area contributed by atoms with Crippen LogP contribution < -0.4 is 16.2 Å². The number of hydrazine groups is 1. The van der Waals surface area contributed by atoms with E-state index in [4.69, 9.17) is 11.6 Å². The number of halogens is 4. The van der Waals surface area contributed by atoms with Crippen molar-refractivity contribution in [3.63, 3.8) is 0 Å². The molecule has 0 saturated carbocycles. The standard InChI is InChI=1S/C12H9ClF3N3O3/c13-5-1-2-8(7(3-5)12(14,15)16)17-9(20)4-6-10(21)18-19-11(6)22/h1-3,6H,4H2,(H,17,20)(H,18,21)(H,19,22). The van der Waals surface area contributed by atoms with Crippen LogP contribution in [0.15, 0.2) is 18.2 Å². The van der Waals surface area contributed by atoms with Gasteiger partial charge in [0, 0.05) is 11.4 Å². The summed E-state index contributed by atoms with van der Waals surface area (Å²) in [5.74, 6) is -3.61. The van der Waals surface area contributed by atoms with Crippen LogP contribution >= 0.6 is 11.6 Å². The van der Waals surface area contributed by atoms with Gasteiger partial charge in [-0.1, -0.05) is 11.6 Å². The van der Waals surface area contributed by atoms with Crippen molar-refractivity contribution in [2.45, 2.75) is 12.6 Å². The summed E-state index contributed by atoms with van der Waals surface area (Å²) in [7, 11) is 0. The smallest absolute Gasteiger partial charge is 0.325 e. The fraction of sp³-hybridized carbons (Fsp3) is 0.250. The molecule has 118 valence electrons. The lowest BCUT2D eigenvalue weighted by atomic mass is 10.0. The minimum atomic E-state index is -4.71. The molecule has 2 rings (SSSR count). The van der Waals surface area contributed by atoms with E-state index in [1.165, 1.54) is 6.07 Å². The third-order valence-corrected chi connectivity index (χ3v) is 3.13. The van der Waals surface area contributed by atoms with Crippen molar-refractivity contribution >= 4 is 35.0 Å². The van der Waals surface area contributed by atoms with Crippen molar-refractivity contribution in [1.82, 2.24) is 10.9 Å². The van der Waals surface area contributed by atoms with Crippen LogP contribution in [0.1, 0.15) is 12.0 Å². The van der Waals surface area contributed by atoms with Crippen LogP contribution in [0, 0.1) is 5.92 Å². The summed E-state index contributed by atoms with van der Waals surface area (Å²) in [6.07, 6.45) is -5.28. The predicted molar refractivity (Wildman–Crippen MR) is 69.5 cm³/mol. The summed E-state index contributed by atoms with van der Waals surface area (Å²) >= 11 is 5.52. The van der Waals surface area contributed by atoms with Crippen LogP contribution in [0.3, 0.4) is 0 Å². The third-order valence-electron chi connectivity index (χ3n) is 2.89. The Labute approximate surface area is 127 Å². The third kappa shape index (κ3) is 3.48. The molecule has 1 heterocycles. The second-order valence-electron chi connectivity index (χ2n) is 4.47. The highest BCUT2D eigenvalue weighted by Crippen LogP contribution is 2.36. The van der Waals surface area contributed by atoms with Crippen molar-refractivity contribution in [3.05, 3.63) is 28.8 Å². The Morgan fingerprint density at radius 3 is 2.36 bits per heavy atom. The molecule has 1 saturated heterocycles. The molecule has 1 aliphatic heterocycles. The van der Waals surface area contributed by atoms with Gasteiger partial charge >= 0.3 is 6.18 Å². The molecule has 22 heavy (non-hydrogen) atoms. The molecule has 1 aromatic carbocycles. The van der Waals surface area contributed by atoms with Gasteiger partial charge in [-0.15, -0.1) is 0 Å². The number of benzene rings is 1. The monoisotopic (exact) mass is 335 g/mol. The van der Waals surface area contributed by atoms with Crippen molar-refractivity contribution in [3.8, 4) is 0 Å². The zero-order valence-corrected chi connectivity index (χ0v) is 11.5. The van der Waals surface area contributed by atoms with E-state index in [0.29, 0.717) is 6.07 Å². The Kier molecular flexibility index (Phi) is 4.27. The number of carbonyl (C=O) groups excluding carboxylic acids is 3. The van der Waals surface area contributed by atoms with E-state index in [1.807, 2.05) is 16.2 Å². The van der Waals surface area contributed by atoms with Crippen LogP contribution in [0.4, 0.5) is 18.9 Å². The Morgan fingerprint density at radius 1 is 1.23 bits per heavy atom. The van der Waals surface area contributed by atoms with E-state index in [1.54, 1.807) is 0 Å². The van der Waals surface area contributed by atoms with Crippen LogP contribution in [-0.2, 0) is 20.6 Å². The van der Waals surface area contributed by atoms with Crippen molar-refractivity contribution < 1.29 is 27.6 Å². The number of hydrogen-bond acceptors (Lipinski definition) is 3. The molecule has 3 amide bonds. The highest BCUT2D eigenvalue weighted by molar-refractivity contribution is 6.30. The number of amides is 3. The molecule has 0 radical (unpaired) electrons. The molecule has 0 aliphatic carbocycles. The molecule has 0 unspecified atom stereocenters. The van der Waals surface area contributed by atoms with Gasteiger partial charge in [0.1, 0.15) is 5.92 Å². The maximum Gasteiger partial charge on any atom is 0.418 e. The van der Waals surface area contributed by atoms with Crippen molar-refractivity contribution in [2.75, 3.05) is 5.32 Å². The second-order valence-corrected chi connectivity index (χ2v) is 4.91. The van der Waals surface area contributed by atoms with E-state index in [-0.39, 0.29) is 5.02 Å². The fourth-order valence-corrected chi connectivity index (χ4v) is 2.02. The van der Waals surface area contributed by atoms with Gasteiger partial charge in [0.05, 0.1) is 11.3 Å². The Balaban J connectivity index is 2.15. The number of nitrogens with one attached hydrogen (secondary N) is 3. The molecule has 1 aromatic rings. The number of hydrogen-bond donors (Lipinski definition) is 3. The molecule has 1 fully saturated rings. The first kappa shape index (κ1) is 16.1. The molecule has 1 aliphatic rings. The first-order valence-corrected chi connectivity index (χ1v) is 6.32. The lowest BCUT2D eigenvalue weighted by Gasteiger charge is -2.14. The van der Waals surface area contributed by atoms with Crippen LogP contribution in [0.2, 0.25) is 5.02 Å². The number of carbonyl (C=O) groups is 3. The van der Waals surface area contributed by atoms with Gasteiger partial charge in [-0.25, -0.2) is 0 Å². The maximum absolute atomic E-state index is 12.9. The Bertz CT molecular complexity index is 632. The maximum atomic E-state index is 12.9. The van der Waals surface area contributed by atoms with Gasteiger partial charge in [0.2, 0.25) is 5.91 Å². The summed E-state index contributed by atoms with van der Waals surface area (Å²) in [5.41, 5.74) is 2.42. The highest BCUT2D eigenvalue weighted by Gasteiger charge is 2.37. The second kappa shape index (κ2) is 5.84. The quantitative estimate of drug-likeness (QED) is 0.731. The normalized spacial score (nSPS) is 15.5. The van der Waals surface area contributed by atoms with Gasteiger partial charge in [0.25, 0.3) is 11.8 Å². The summed E-state index contributed by atoms with van der Waals surface area (Å²) in [6.45, 7) is 0. The van der Waals surface area contributed by atoms with E-state index in [2.05, 4.69) is 0 Å². The van der Waals surface area contributed by atoms with Gasteiger partial charge in [-0.3, -0.25) is 25.2 Å². The molecule has 3 N–H and O–H groups in total. The first-order chi connectivity index (χ1) is 10.2. The average molecular weight is 336 g/mol. The minimum Gasteiger partial charge on any atom is -0.325 e. The lowest BCUT2D eigenvalue weighted by Crippen LogP contribution is -2.28. The van der Waals surface area contributed by atoms with Crippen LogP contribution in [0.5, 0.6) is 0 Å². The zero-order chi connectivity index (χ0) is 16.5. The Hall–Kier alpha value is -2.29. The molecule has 0 atom stereocenters. The fourth-order valence-electron chi connectivity index (χ4n) is 1.85. The molecular formula is C12H9ClF3N3O3. The van der Waals surface area contributed by atoms with Crippen LogP contribution in [0.25, 0.3) is 0 Å². The largest absolute Gasteiger partial charge is 0.418 e. The predicted octanol–water partition coefficient (Wildman–Crippen LogP) is 1.46.